The van der Waals surface area contributed by atoms with E-state index in [-0.39, 0.29) is 0 Å². The smallest absolute Gasteiger partial charge is 0.000473 e. The predicted molar refractivity (Wildman–Crippen MR) is 98.4 cm³/mol. The predicted octanol–water partition coefficient (Wildman–Crippen LogP) is 7.68. The number of hydrogen-bond donors (Lipinski definition) is 0. The van der Waals surface area contributed by atoms with Crippen LogP contribution in [0.25, 0.3) is 0 Å². The second kappa shape index (κ2) is 18.7. The van der Waals surface area contributed by atoms with Crippen LogP contribution in [0.4, 0.5) is 0 Å². The van der Waals surface area contributed by atoms with Gasteiger partial charge in [0.25, 0.3) is 0 Å². The van der Waals surface area contributed by atoms with Gasteiger partial charge in [0, 0.05) is 0 Å². The zero-order valence-electron chi connectivity index (χ0n) is 13.4. The summed E-state index contributed by atoms with van der Waals surface area (Å²) >= 11 is 2.49. The lowest BCUT2D eigenvalue weighted by Crippen LogP contribution is -1.83. The molecule has 0 saturated heterocycles. The Hall–Kier alpha value is 0.730. The SMILES string of the molecule is CCCCCCCCCCCCCCCCCCI. The Morgan fingerprint density at radius 2 is 0.684 bits per heavy atom. The van der Waals surface area contributed by atoms with Crippen LogP contribution in [0.2, 0.25) is 0 Å². The first kappa shape index (κ1) is 19.7. The quantitative estimate of drug-likeness (QED) is 0.146. The molecule has 0 aliphatic heterocycles. The molecule has 0 nitrogen and oxygen atoms in total. The maximum absolute atomic E-state index is 2.49. The van der Waals surface area contributed by atoms with Gasteiger partial charge in [0.1, 0.15) is 0 Å². The highest BCUT2D eigenvalue weighted by Crippen LogP contribution is 2.13. The maximum Gasteiger partial charge on any atom is -0.000473 e. The first-order valence-electron chi connectivity index (χ1n) is 8.97. The van der Waals surface area contributed by atoms with Crippen molar-refractivity contribution in [2.45, 2.75) is 110 Å². The standard InChI is InChI=1S/C18H37I/c1-2-3-4-5-6-7-8-9-10-11-12-13-14-15-16-17-18-19/h2-18H2,1H3. The van der Waals surface area contributed by atoms with E-state index in [2.05, 4.69) is 29.5 Å². The summed E-state index contributed by atoms with van der Waals surface area (Å²) in [5.74, 6) is 0. The molecule has 0 amide bonds. The second-order valence-corrected chi connectivity index (χ2v) is 7.07. The van der Waals surface area contributed by atoms with Gasteiger partial charge in [-0.25, -0.2) is 0 Å². The fourth-order valence-electron chi connectivity index (χ4n) is 2.64. The van der Waals surface area contributed by atoms with Crippen LogP contribution < -0.4 is 0 Å². The highest BCUT2D eigenvalue weighted by Gasteiger charge is 1.94. The molecule has 0 spiro atoms. The molecule has 0 aliphatic carbocycles. The molecule has 1 heteroatoms. The minimum atomic E-state index is 1.34. The molecule has 0 heterocycles. The average molecular weight is 380 g/mol. The van der Waals surface area contributed by atoms with E-state index < -0.39 is 0 Å². The van der Waals surface area contributed by atoms with Gasteiger partial charge in [-0.1, -0.05) is 126 Å². The van der Waals surface area contributed by atoms with Gasteiger partial charge >= 0.3 is 0 Å². The zero-order valence-corrected chi connectivity index (χ0v) is 15.6. The molecule has 0 aromatic rings. The Morgan fingerprint density at radius 3 is 0.947 bits per heavy atom. The van der Waals surface area contributed by atoms with Crippen molar-refractivity contribution in [3.05, 3.63) is 0 Å². The van der Waals surface area contributed by atoms with Gasteiger partial charge < -0.3 is 0 Å². The van der Waals surface area contributed by atoms with Crippen molar-refractivity contribution in [3.63, 3.8) is 0 Å². The van der Waals surface area contributed by atoms with E-state index in [1.807, 2.05) is 0 Å². The van der Waals surface area contributed by atoms with Crippen LogP contribution >= 0.6 is 22.6 Å². The lowest BCUT2D eigenvalue weighted by Gasteiger charge is -2.03. The van der Waals surface area contributed by atoms with Gasteiger partial charge in [-0.15, -0.1) is 0 Å². The Bertz CT molecular complexity index is 129. The minimum absolute atomic E-state index is 1.34. The summed E-state index contributed by atoms with van der Waals surface area (Å²) in [6.07, 6.45) is 23.5. The van der Waals surface area contributed by atoms with E-state index in [4.69, 9.17) is 0 Å². The summed E-state index contributed by atoms with van der Waals surface area (Å²) in [5, 5.41) is 0. The van der Waals surface area contributed by atoms with Gasteiger partial charge in [-0.3, -0.25) is 0 Å². The Morgan fingerprint density at radius 1 is 0.421 bits per heavy atom. The molecule has 0 aromatic heterocycles. The zero-order chi connectivity index (χ0) is 14.0. The number of hydrogen-bond acceptors (Lipinski definition) is 0. The van der Waals surface area contributed by atoms with Gasteiger partial charge in [0.15, 0.2) is 0 Å². The van der Waals surface area contributed by atoms with Crippen LogP contribution in [0.15, 0.2) is 0 Å². The molecule has 0 atom stereocenters. The normalized spacial score (nSPS) is 11.1. The van der Waals surface area contributed by atoms with Crippen molar-refractivity contribution < 1.29 is 0 Å². The van der Waals surface area contributed by atoms with Crippen molar-refractivity contribution in [2.75, 3.05) is 4.43 Å². The average Bonchev–Trinajstić information content (AvgIpc) is 2.43. The molecule has 0 saturated carbocycles. The minimum Gasteiger partial charge on any atom is -0.0864 e. The largest absolute Gasteiger partial charge is 0.0864 e. The van der Waals surface area contributed by atoms with Crippen molar-refractivity contribution in [1.82, 2.24) is 0 Å². The molecule has 0 unspecified atom stereocenters. The molecule has 0 radical (unpaired) electrons. The van der Waals surface area contributed by atoms with Crippen LogP contribution in [0.5, 0.6) is 0 Å². The first-order chi connectivity index (χ1) is 9.41. The first-order valence-corrected chi connectivity index (χ1v) is 10.5. The van der Waals surface area contributed by atoms with Crippen molar-refractivity contribution in [2.24, 2.45) is 0 Å². The summed E-state index contributed by atoms with van der Waals surface area (Å²) < 4.78 is 1.34. The van der Waals surface area contributed by atoms with Gasteiger partial charge in [-0.2, -0.15) is 0 Å². The fraction of sp³-hybridized carbons (Fsp3) is 1.00. The molecule has 0 bridgehead atoms. The van der Waals surface area contributed by atoms with E-state index >= 15 is 0 Å². The van der Waals surface area contributed by atoms with E-state index in [0.717, 1.165) is 0 Å². The molecular weight excluding hydrogens is 343 g/mol. The molecule has 19 heavy (non-hydrogen) atoms. The van der Waals surface area contributed by atoms with E-state index in [1.165, 1.54) is 107 Å². The third kappa shape index (κ3) is 18.7. The van der Waals surface area contributed by atoms with E-state index in [9.17, 15) is 0 Å². The molecule has 0 fully saturated rings. The second-order valence-electron chi connectivity index (χ2n) is 5.99. The highest BCUT2D eigenvalue weighted by atomic mass is 127. The van der Waals surface area contributed by atoms with Crippen molar-refractivity contribution in [3.8, 4) is 0 Å². The number of rotatable bonds is 16. The third-order valence-electron chi connectivity index (χ3n) is 3.99. The molecule has 0 N–H and O–H groups in total. The number of halogens is 1. The van der Waals surface area contributed by atoms with Crippen LogP contribution in [-0.2, 0) is 0 Å². The molecule has 0 aromatic carbocycles. The molecular formula is C18H37I. The van der Waals surface area contributed by atoms with Gasteiger partial charge in [0.2, 0.25) is 0 Å². The summed E-state index contributed by atoms with van der Waals surface area (Å²) in [6, 6.07) is 0. The van der Waals surface area contributed by atoms with Crippen LogP contribution in [0.3, 0.4) is 0 Å². The van der Waals surface area contributed by atoms with Crippen molar-refractivity contribution >= 4 is 22.6 Å². The van der Waals surface area contributed by atoms with Crippen molar-refractivity contribution in [1.29, 1.82) is 0 Å². The molecule has 0 aliphatic rings. The van der Waals surface area contributed by atoms with Crippen LogP contribution in [0, 0.1) is 0 Å². The third-order valence-corrected chi connectivity index (χ3v) is 4.75. The number of alkyl halides is 1. The van der Waals surface area contributed by atoms with E-state index in [1.54, 1.807) is 0 Å². The van der Waals surface area contributed by atoms with E-state index in [0.29, 0.717) is 0 Å². The molecule has 0 rings (SSSR count). The van der Waals surface area contributed by atoms with Gasteiger partial charge in [0.05, 0.1) is 0 Å². The summed E-state index contributed by atoms with van der Waals surface area (Å²) in [7, 11) is 0. The summed E-state index contributed by atoms with van der Waals surface area (Å²) in [4.78, 5) is 0. The fourth-order valence-corrected chi connectivity index (χ4v) is 3.18. The highest BCUT2D eigenvalue weighted by molar-refractivity contribution is 14.1. The van der Waals surface area contributed by atoms with Gasteiger partial charge in [-0.05, 0) is 10.8 Å². The maximum atomic E-state index is 2.49. The molecule has 116 valence electrons. The summed E-state index contributed by atoms with van der Waals surface area (Å²) in [6.45, 7) is 2.30. The summed E-state index contributed by atoms with van der Waals surface area (Å²) in [5.41, 5.74) is 0. The topological polar surface area (TPSA) is 0 Å². The van der Waals surface area contributed by atoms with Crippen LogP contribution in [0.1, 0.15) is 110 Å². The number of unbranched alkanes of at least 4 members (excludes halogenated alkanes) is 15. The van der Waals surface area contributed by atoms with Crippen LogP contribution in [-0.4, -0.2) is 4.43 Å². The Balaban J connectivity index is 2.88. The monoisotopic (exact) mass is 380 g/mol. The Labute approximate surface area is 136 Å². The lowest BCUT2D eigenvalue weighted by molar-refractivity contribution is 0.532. The Kier molecular flexibility index (Phi) is 19.4. The lowest BCUT2D eigenvalue weighted by atomic mass is 10.0.